The number of benzene rings is 2. The second-order valence-electron chi connectivity index (χ2n) is 13.2. The van der Waals surface area contributed by atoms with Crippen LogP contribution < -0.4 is 10.6 Å². The van der Waals surface area contributed by atoms with E-state index in [0.29, 0.717) is 30.0 Å². The summed E-state index contributed by atoms with van der Waals surface area (Å²) in [4.78, 5) is 57.7. The molecule has 7 rings (SSSR count). The summed E-state index contributed by atoms with van der Waals surface area (Å²) in [5.41, 5.74) is 6.47. The van der Waals surface area contributed by atoms with Crippen molar-refractivity contribution in [2.75, 3.05) is 12.4 Å². The molecular formula is C38H41N5O5. The van der Waals surface area contributed by atoms with Crippen molar-refractivity contribution in [1.82, 2.24) is 19.9 Å². The average molecular weight is 648 g/mol. The maximum Gasteiger partial charge on any atom is 0.365 e. The maximum atomic E-state index is 14.0. The zero-order valence-corrected chi connectivity index (χ0v) is 27.3. The van der Waals surface area contributed by atoms with E-state index in [4.69, 9.17) is 9.97 Å². The minimum Gasteiger partial charge on any atom is -0.339 e. The zero-order chi connectivity index (χ0) is 33.1. The predicted molar refractivity (Wildman–Crippen MR) is 183 cm³/mol. The topological polar surface area (TPSA) is 124 Å². The van der Waals surface area contributed by atoms with E-state index in [1.54, 1.807) is 42.7 Å². The normalized spacial score (nSPS) is 17.4. The molecule has 2 saturated carbocycles. The summed E-state index contributed by atoms with van der Waals surface area (Å²) in [6.45, 7) is 0.833. The van der Waals surface area contributed by atoms with Crippen molar-refractivity contribution < 1.29 is 24.2 Å². The predicted octanol–water partition coefficient (Wildman–Crippen LogP) is 6.89. The highest BCUT2D eigenvalue weighted by Crippen LogP contribution is 2.45. The van der Waals surface area contributed by atoms with E-state index in [9.17, 15) is 14.4 Å². The number of rotatable bonds is 8. The van der Waals surface area contributed by atoms with Gasteiger partial charge in [-0.25, -0.2) is 4.79 Å². The SMILES string of the molecule is COOC(=O)/C=C\c1ccc(NC(=O)C2(NC(=O)c3ccc4c(C5CCCCC5)c5n(c4c3)CCCc3nccnc3-5)CCCC2)cc1. The van der Waals surface area contributed by atoms with E-state index in [0.717, 1.165) is 73.2 Å². The van der Waals surface area contributed by atoms with Gasteiger partial charge in [-0.15, -0.1) is 0 Å². The zero-order valence-electron chi connectivity index (χ0n) is 27.3. The number of carbonyl (C=O) groups is 3. The van der Waals surface area contributed by atoms with E-state index in [1.165, 1.54) is 43.4 Å². The molecule has 4 aromatic rings. The molecule has 2 aliphatic carbocycles. The molecule has 2 amide bonds. The van der Waals surface area contributed by atoms with Gasteiger partial charge in [0, 0.05) is 47.2 Å². The van der Waals surface area contributed by atoms with Gasteiger partial charge in [0.1, 0.15) is 11.2 Å². The number of nitrogens with one attached hydrogen (secondary N) is 2. The summed E-state index contributed by atoms with van der Waals surface area (Å²) in [6, 6.07) is 13.1. The van der Waals surface area contributed by atoms with E-state index in [2.05, 4.69) is 31.0 Å². The fourth-order valence-electron chi connectivity index (χ4n) is 7.84. The van der Waals surface area contributed by atoms with E-state index in [-0.39, 0.29) is 11.8 Å². The highest BCUT2D eigenvalue weighted by Gasteiger charge is 2.43. The average Bonchev–Trinajstić information content (AvgIpc) is 3.66. The molecule has 0 radical (unpaired) electrons. The third-order valence-corrected chi connectivity index (χ3v) is 10.2. The summed E-state index contributed by atoms with van der Waals surface area (Å²) in [7, 11) is 1.26. The number of hydrogen-bond donors (Lipinski definition) is 2. The summed E-state index contributed by atoms with van der Waals surface area (Å²) in [6.07, 6.45) is 17.1. The van der Waals surface area contributed by atoms with Crippen molar-refractivity contribution in [3.05, 3.63) is 83.3 Å². The molecule has 2 fully saturated rings. The lowest BCUT2D eigenvalue weighted by molar-refractivity contribution is -0.249. The highest BCUT2D eigenvalue weighted by atomic mass is 17.2. The molecule has 2 N–H and O–H groups in total. The number of amides is 2. The molecule has 0 spiro atoms. The lowest BCUT2D eigenvalue weighted by Gasteiger charge is -2.29. The Morgan fingerprint density at radius 1 is 0.938 bits per heavy atom. The molecule has 10 heteroatoms. The number of hydrogen-bond acceptors (Lipinski definition) is 7. The first-order chi connectivity index (χ1) is 23.5. The molecule has 248 valence electrons. The van der Waals surface area contributed by atoms with Crippen molar-refractivity contribution in [2.45, 2.75) is 88.6 Å². The van der Waals surface area contributed by atoms with Gasteiger partial charge in [0.15, 0.2) is 0 Å². The molecule has 0 bridgehead atoms. The van der Waals surface area contributed by atoms with Crippen LogP contribution >= 0.6 is 0 Å². The van der Waals surface area contributed by atoms with Crippen LogP contribution in [-0.4, -0.2) is 45.0 Å². The number of anilines is 1. The Labute approximate surface area is 279 Å². The summed E-state index contributed by atoms with van der Waals surface area (Å²) < 4.78 is 2.37. The van der Waals surface area contributed by atoms with Gasteiger partial charge in [-0.2, -0.15) is 4.89 Å². The molecule has 3 heterocycles. The first kappa shape index (κ1) is 31.8. The number of carbonyl (C=O) groups excluding carboxylic acids is 3. The van der Waals surface area contributed by atoms with E-state index in [1.807, 2.05) is 12.1 Å². The Kier molecular flexibility index (Phi) is 9.08. The Balaban J connectivity index is 1.16. The van der Waals surface area contributed by atoms with Crippen LogP contribution in [0.2, 0.25) is 0 Å². The molecule has 0 saturated heterocycles. The third-order valence-electron chi connectivity index (χ3n) is 10.2. The number of fused-ring (bicyclic) bond motifs is 5. The Bertz CT molecular complexity index is 1870. The molecule has 2 aromatic heterocycles. The maximum absolute atomic E-state index is 14.0. The van der Waals surface area contributed by atoms with Crippen molar-refractivity contribution in [1.29, 1.82) is 0 Å². The Morgan fingerprint density at radius 2 is 1.71 bits per heavy atom. The van der Waals surface area contributed by atoms with Crippen LogP contribution in [0.15, 0.2) is 60.9 Å². The molecular weight excluding hydrogens is 606 g/mol. The first-order valence-corrected chi connectivity index (χ1v) is 17.1. The minimum atomic E-state index is -1.01. The number of aryl methyl sites for hydroxylation is 2. The summed E-state index contributed by atoms with van der Waals surface area (Å²) >= 11 is 0. The van der Waals surface area contributed by atoms with Crippen molar-refractivity contribution in [3.63, 3.8) is 0 Å². The molecule has 0 atom stereocenters. The molecule has 10 nitrogen and oxygen atoms in total. The summed E-state index contributed by atoms with van der Waals surface area (Å²) in [5.74, 6) is -0.647. The van der Waals surface area contributed by atoms with Crippen molar-refractivity contribution in [3.8, 4) is 11.4 Å². The second-order valence-corrected chi connectivity index (χ2v) is 13.2. The van der Waals surface area contributed by atoms with Crippen molar-refractivity contribution >= 4 is 40.4 Å². The first-order valence-electron chi connectivity index (χ1n) is 17.1. The molecule has 48 heavy (non-hydrogen) atoms. The van der Waals surface area contributed by atoms with Crippen LogP contribution in [0.4, 0.5) is 5.69 Å². The smallest absolute Gasteiger partial charge is 0.339 e. The van der Waals surface area contributed by atoms with Crippen LogP contribution in [0.25, 0.3) is 28.4 Å². The van der Waals surface area contributed by atoms with Gasteiger partial charge in [0.2, 0.25) is 5.91 Å². The van der Waals surface area contributed by atoms with Gasteiger partial charge < -0.3 is 15.2 Å². The molecule has 0 unspecified atom stereocenters. The van der Waals surface area contributed by atoms with Gasteiger partial charge in [-0.05, 0) is 85.9 Å². The minimum absolute atomic E-state index is 0.229. The largest absolute Gasteiger partial charge is 0.365 e. The summed E-state index contributed by atoms with van der Waals surface area (Å²) in [5, 5.41) is 7.37. The van der Waals surface area contributed by atoms with Crippen LogP contribution in [0.1, 0.15) is 97.3 Å². The van der Waals surface area contributed by atoms with Gasteiger partial charge in [0.25, 0.3) is 5.91 Å². The number of aromatic nitrogens is 3. The van der Waals surface area contributed by atoms with E-state index >= 15 is 0 Å². The third kappa shape index (κ3) is 6.24. The van der Waals surface area contributed by atoms with Crippen molar-refractivity contribution in [2.24, 2.45) is 0 Å². The van der Waals surface area contributed by atoms with Crippen LogP contribution in [0.3, 0.4) is 0 Å². The standard InChI is InChI=1S/C38H41N5O5/c1-47-48-32(44)18-13-25-11-15-28(16-12-25)41-37(46)38(19-5-6-20-38)42-36(45)27-14-17-29-31(24-27)43-23-7-10-30-34(40-22-21-39-30)35(43)33(29)26-8-3-2-4-9-26/h11-18,21-22,24,26H,2-10,19-20,23H2,1H3,(H,41,46)(H,42,45)/b18-13-. The second kappa shape index (κ2) is 13.7. The van der Waals surface area contributed by atoms with Gasteiger partial charge in [-0.3, -0.25) is 24.4 Å². The number of nitrogens with zero attached hydrogens (tertiary/aromatic N) is 3. The lowest BCUT2D eigenvalue weighted by atomic mass is 9.82. The van der Waals surface area contributed by atoms with Gasteiger partial charge >= 0.3 is 5.97 Å². The van der Waals surface area contributed by atoms with Crippen LogP contribution in [-0.2, 0) is 32.3 Å². The monoisotopic (exact) mass is 647 g/mol. The fourth-order valence-corrected chi connectivity index (χ4v) is 7.84. The van der Waals surface area contributed by atoms with Gasteiger partial charge in [-0.1, -0.05) is 50.3 Å². The molecule has 1 aliphatic heterocycles. The van der Waals surface area contributed by atoms with Gasteiger partial charge in [0.05, 0.1) is 18.5 Å². The highest BCUT2D eigenvalue weighted by molar-refractivity contribution is 6.06. The fraction of sp³-hybridized carbons (Fsp3) is 0.395. The van der Waals surface area contributed by atoms with Crippen LogP contribution in [0, 0.1) is 0 Å². The molecule has 3 aliphatic rings. The molecule has 2 aromatic carbocycles. The van der Waals surface area contributed by atoms with Crippen LogP contribution in [0.5, 0.6) is 0 Å². The Hall–Kier alpha value is -4.83. The Morgan fingerprint density at radius 3 is 2.48 bits per heavy atom. The quantitative estimate of drug-likeness (QED) is 0.121. The lowest BCUT2D eigenvalue weighted by Crippen LogP contribution is -2.55. The van der Waals surface area contributed by atoms with E-state index < -0.39 is 11.5 Å².